The zero-order chi connectivity index (χ0) is 13.2. The summed E-state index contributed by atoms with van der Waals surface area (Å²) in [4.78, 5) is 4.31. The number of aryl methyl sites for hydroxylation is 1. The number of rotatable bonds is 2. The highest BCUT2D eigenvalue weighted by Gasteiger charge is 2.06. The van der Waals surface area contributed by atoms with E-state index in [2.05, 4.69) is 4.98 Å². The molecule has 0 radical (unpaired) electrons. The van der Waals surface area contributed by atoms with Gasteiger partial charge in [-0.1, -0.05) is 18.2 Å². The number of nitrogens with two attached hydrogens (primary N) is 1. The topological polar surface area (TPSA) is 48.1 Å². The fraction of sp³-hybridized carbons (Fsp3) is 0.0625. The monoisotopic (exact) mass is 250 g/mol. The van der Waals surface area contributed by atoms with Crippen LogP contribution in [0.4, 0.5) is 5.69 Å². The van der Waals surface area contributed by atoms with Crippen LogP contribution >= 0.6 is 0 Å². The molecule has 19 heavy (non-hydrogen) atoms. The number of nitrogen functional groups attached to an aromatic ring is 1. The fourth-order valence-electron chi connectivity index (χ4n) is 2.01. The van der Waals surface area contributed by atoms with Crippen LogP contribution in [0, 0.1) is 6.92 Å². The molecule has 0 atom stereocenters. The number of para-hydroxylation sites is 1. The van der Waals surface area contributed by atoms with Crippen molar-refractivity contribution in [1.82, 2.24) is 4.98 Å². The van der Waals surface area contributed by atoms with Gasteiger partial charge in [-0.2, -0.15) is 0 Å². The number of benzene rings is 2. The lowest BCUT2D eigenvalue weighted by Crippen LogP contribution is -1.93. The molecule has 3 aromatic rings. The summed E-state index contributed by atoms with van der Waals surface area (Å²) in [5, 5.41) is 0.978. The van der Waals surface area contributed by atoms with Gasteiger partial charge in [0.15, 0.2) is 5.75 Å². The molecule has 3 rings (SSSR count). The zero-order valence-corrected chi connectivity index (χ0v) is 10.6. The molecule has 0 unspecified atom stereocenters. The van der Waals surface area contributed by atoms with E-state index < -0.39 is 0 Å². The molecule has 0 saturated carbocycles. The minimum absolute atomic E-state index is 0.631. The van der Waals surface area contributed by atoms with Crippen molar-refractivity contribution in [2.24, 2.45) is 0 Å². The maximum atomic E-state index is 5.94. The average molecular weight is 250 g/mol. The predicted molar refractivity (Wildman–Crippen MR) is 77.4 cm³/mol. The smallest absolute Gasteiger partial charge is 0.150 e. The third kappa shape index (κ3) is 2.22. The first-order valence-electron chi connectivity index (χ1n) is 6.12. The van der Waals surface area contributed by atoms with Gasteiger partial charge < -0.3 is 10.5 Å². The Labute approximate surface area is 111 Å². The van der Waals surface area contributed by atoms with Crippen molar-refractivity contribution in [1.29, 1.82) is 0 Å². The van der Waals surface area contributed by atoms with Crippen LogP contribution in [0.15, 0.2) is 54.7 Å². The van der Waals surface area contributed by atoms with Gasteiger partial charge in [0.2, 0.25) is 0 Å². The van der Waals surface area contributed by atoms with Crippen molar-refractivity contribution in [2.45, 2.75) is 6.92 Å². The van der Waals surface area contributed by atoms with Gasteiger partial charge in [0.05, 0.1) is 11.2 Å². The molecule has 1 heterocycles. The van der Waals surface area contributed by atoms with Gasteiger partial charge in [0.25, 0.3) is 0 Å². The van der Waals surface area contributed by atoms with Crippen molar-refractivity contribution >= 4 is 16.6 Å². The normalized spacial score (nSPS) is 10.6. The molecule has 2 aromatic carbocycles. The number of aromatic nitrogens is 1. The fourth-order valence-corrected chi connectivity index (χ4v) is 2.01. The summed E-state index contributed by atoms with van der Waals surface area (Å²) in [5.74, 6) is 1.44. The average Bonchev–Trinajstić information content (AvgIpc) is 2.43. The van der Waals surface area contributed by atoms with E-state index in [1.807, 2.05) is 55.5 Å². The molecule has 0 bridgehead atoms. The van der Waals surface area contributed by atoms with Crippen LogP contribution in [0.5, 0.6) is 11.5 Å². The summed E-state index contributed by atoms with van der Waals surface area (Å²) in [5.41, 5.74) is 8.59. The number of ether oxygens (including phenoxy) is 1. The molecule has 0 aliphatic carbocycles. The van der Waals surface area contributed by atoms with Gasteiger partial charge in [-0.15, -0.1) is 0 Å². The first-order valence-corrected chi connectivity index (χ1v) is 6.12. The van der Waals surface area contributed by atoms with Gasteiger partial charge in [0.1, 0.15) is 5.75 Å². The van der Waals surface area contributed by atoms with Crippen molar-refractivity contribution in [3.8, 4) is 11.5 Å². The summed E-state index contributed by atoms with van der Waals surface area (Å²) < 4.78 is 5.94. The molecule has 2 N–H and O–H groups in total. The van der Waals surface area contributed by atoms with Crippen LogP contribution in [0.3, 0.4) is 0 Å². The first kappa shape index (κ1) is 11.5. The highest BCUT2D eigenvalue weighted by molar-refractivity contribution is 5.85. The number of anilines is 1. The molecule has 0 aliphatic heterocycles. The quantitative estimate of drug-likeness (QED) is 0.701. The van der Waals surface area contributed by atoms with E-state index in [-0.39, 0.29) is 0 Å². The molecule has 0 fully saturated rings. The van der Waals surface area contributed by atoms with Crippen molar-refractivity contribution in [3.63, 3.8) is 0 Å². The molecule has 0 saturated heterocycles. The third-order valence-electron chi connectivity index (χ3n) is 3.00. The SMILES string of the molecule is Cc1ccc(N)c(Oc2ccnc3ccccc23)c1. The molecule has 94 valence electrons. The van der Waals surface area contributed by atoms with Crippen molar-refractivity contribution in [2.75, 3.05) is 5.73 Å². The van der Waals surface area contributed by atoms with Gasteiger partial charge >= 0.3 is 0 Å². The molecule has 0 aliphatic rings. The Kier molecular flexibility index (Phi) is 2.80. The number of nitrogens with zero attached hydrogens (tertiary/aromatic N) is 1. The number of pyridine rings is 1. The van der Waals surface area contributed by atoms with Crippen molar-refractivity contribution in [3.05, 3.63) is 60.3 Å². The van der Waals surface area contributed by atoms with Gasteiger partial charge in [-0.05, 0) is 42.8 Å². The largest absolute Gasteiger partial charge is 0.454 e. The van der Waals surface area contributed by atoms with E-state index in [9.17, 15) is 0 Å². The summed E-state index contributed by atoms with van der Waals surface area (Å²) >= 11 is 0. The van der Waals surface area contributed by atoms with E-state index in [4.69, 9.17) is 10.5 Å². The summed E-state index contributed by atoms with van der Waals surface area (Å²) in [6.07, 6.45) is 1.74. The first-order chi connectivity index (χ1) is 9.24. The summed E-state index contributed by atoms with van der Waals surface area (Å²) in [6.45, 7) is 2.01. The second-order valence-corrected chi connectivity index (χ2v) is 4.47. The maximum absolute atomic E-state index is 5.94. The molecule has 1 aromatic heterocycles. The lowest BCUT2D eigenvalue weighted by atomic mass is 10.2. The Morgan fingerprint density at radius 2 is 1.84 bits per heavy atom. The minimum Gasteiger partial charge on any atom is -0.454 e. The number of hydrogen-bond donors (Lipinski definition) is 1. The molecule has 3 heteroatoms. The van der Waals surface area contributed by atoms with Crippen LogP contribution in [0.25, 0.3) is 10.9 Å². The maximum Gasteiger partial charge on any atom is 0.150 e. The van der Waals surface area contributed by atoms with Crippen LogP contribution in [0.1, 0.15) is 5.56 Å². The minimum atomic E-state index is 0.631. The van der Waals surface area contributed by atoms with E-state index in [0.29, 0.717) is 11.4 Å². The van der Waals surface area contributed by atoms with Crippen LogP contribution in [-0.4, -0.2) is 4.98 Å². The highest BCUT2D eigenvalue weighted by atomic mass is 16.5. The highest BCUT2D eigenvalue weighted by Crippen LogP contribution is 2.32. The third-order valence-corrected chi connectivity index (χ3v) is 3.00. The standard InChI is InChI=1S/C16H14N2O/c1-11-6-7-13(17)16(10-11)19-15-8-9-18-14-5-3-2-4-12(14)15/h2-10H,17H2,1H3. The Balaban J connectivity index is 2.08. The lowest BCUT2D eigenvalue weighted by molar-refractivity contribution is 0.490. The van der Waals surface area contributed by atoms with E-state index in [1.165, 1.54) is 0 Å². The van der Waals surface area contributed by atoms with Gasteiger partial charge in [0, 0.05) is 11.6 Å². The molecular weight excluding hydrogens is 236 g/mol. The molecule has 0 amide bonds. The Morgan fingerprint density at radius 3 is 2.74 bits per heavy atom. The lowest BCUT2D eigenvalue weighted by Gasteiger charge is -2.11. The van der Waals surface area contributed by atoms with Crippen LogP contribution in [0.2, 0.25) is 0 Å². The van der Waals surface area contributed by atoms with Crippen LogP contribution in [-0.2, 0) is 0 Å². The Morgan fingerprint density at radius 1 is 1.00 bits per heavy atom. The van der Waals surface area contributed by atoms with Crippen LogP contribution < -0.4 is 10.5 Å². The Bertz CT molecular complexity index is 732. The second-order valence-electron chi connectivity index (χ2n) is 4.47. The van der Waals surface area contributed by atoms with Gasteiger partial charge in [-0.3, -0.25) is 4.98 Å². The zero-order valence-electron chi connectivity index (χ0n) is 10.6. The molecule has 0 spiro atoms. The summed E-state index contributed by atoms with van der Waals surface area (Å²) in [6, 6.07) is 15.5. The van der Waals surface area contributed by atoms with E-state index in [1.54, 1.807) is 6.20 Å². The van der Waals surface area contributed by atoms with E-state index in [0.717, 1.165) is 22.2 Å². The Hall–Kier alpha value is -2.55. The molecule has 3 nitrogen and oxygen atoms in total. The second kappa shape index (κ2) is 4.61. The van der Waals surface area contributed by atoms with Gasteiger partial charge in [-0.25, -0.2) is 0 Å². The van der Waals surface area contributed by atoms with Crippen molar-refractivity contribution < 1.29 is 4.74 Å². The number of hydrogen-bond acceptors (Lipinski definition) is 3. The predicted octanol–water partition coefficient (Wildman–Crippen LogP) is 3.92. The van der Waals surface area contributed by atoms with E-state index >= 15 is 0 Å². The molecular formula is C16H14N2O. The summed E-state index contributed by atoms with van der Waals surface area (Å²) in [7, 11) is 0. The number of fused-ring (bicyclic) bond motifs is 1.